The Hall–Kier alpha value is -2.91. The van der Waals surface area contributed by atoms with Gasteiger partial charge in [0.1, 0.15) is 11.5 Å². The Bertz CT molecular complexity index is 1150. The lowest BCUT2D eigenvalue weighted by molar-refractivity contribution is -0.142. The zero-order valence-electron chi connectivity index (χ0n) is 17.1. The van der Waals surface area contributed by atoms with Crippen LogP contribution >= 0.6 is 0 Å². The Morgan fingerprint density at radius 3 is 2.81 bits per heavy atom. The number of carbonyl (C=O) groups is 1. The van der Waals surface area contributed by atoms with Crippen molar-refractivity contribution in [3.05, 3.63) is 46.2 Å². The van der Waals surface area contributed by atoms with E-state index in [-0.39, 0.29) is 17.5 Å². The van der Waals surface area contributed by atoms with Gasteiger partial charge in [0.2, 0.25) is 0 Å². The Morgan fingerprint density at radius 2 is 2.00 bits per heavy atom. The Morgan fingerprint density at radius 1 is 1.19 bits per heavy atom. The first-order valence-electron chi connectivity index (χ1n) is 10.5. The number of nitrogens with zero attached hydrogens (tertiary/aromatic N) is 5. The molecule has 3 aromatic rings. The van der Waals surface area contributed by atoms with E-state index in [0.29, 0.717) is 43.0 Å². The third-order valence-electron chi connectivity index (χ3n) is 6.14. The topological polar surface area (TPSA) is 76.5 Å². The van der Waals surface area contributed by atoms with Crippen LogP contribution in [-0.2, 0) is 19.0 Å². The molecule has 5 rings (SSSR count). The fraction of sp³-hybridized carbons (Fsp3) is 0.524. The molecule has 31 heavy (non-hydrogen) atoms. The fourth-order valence-electron chi connectivity index (χ4n) is 4.63. The highest BCUT2D eigenvalue weighted by molar-refractivity contribution is 5.94. The highest BCUT2D eigenvalue weighted by atomic mass is 19.4. The third-order valence-corrected chi connectivity index (χ3v) is 6.14. The second kappa shape index (κ2) is 7.35. The molecule has 4 heterocycles. The molecule has 1 fully saturated rings. The summed E-state index contributed by atoms with van der Waals surface area (Å²) in [5.41, 5.74) is 1.34. The van der Waals surface area contributed by atoms with E-state index in [9.17, 15) is 18.0 Å². The minimum Gasteiger partial charge on any atom is -0.360 e. The van der Waals surface area contributed by atoms with Crippen molar-refractivity contribution in [2.45, 2.75) is 57.5 Å². The Balaban J connectivity index is 1.45. The van der Waals surface area contributed by atoms with Crippen LogP contribution < -0.4 is 0 Å². The summed E-state index contributed by atoms with van der Waals surface area (Å²) in [7, 11) is 0. The van der Waals surface area contributed by atoms with Crippen LogP contribution in [0.25, 0.3) is 5.65 Å². The number of aromatic nitrogens is 4. The van der Waals surface area contributed by atoms with Crippen LogP contribution in [0.15, 0.2) is 16.7 Å². The molecule has 0 N–H and O–H groups in total. The largest absolute Gasteiger partial charge is 0.433 e. The number of hydrogen-bond donors (Lipinski definition) is 0. The lowest BCUT2D eigenvalue weighted by Crippen LogP contribution is -2.40. The lowest BCUT2D eigenvalue weighted by Gasteiger charge is -2.32. The second-order valence-electron chi connectivity index (χ2n) is 8.35. The molecule has 1 unspecified atom stereocenters. The van der Waals surface area contributed by atoms with Crippen LogP contribution in [0.1, 0.15) is 70.5 Å². The summed E-state index contributed by atoms with van der Waals surface area (Å²) >= 11 is 0. The van der Waals surface area contributed by atoms with Crippen molar-refractivity contribution in [1.29, 1.82) is 0 Å². The molecule has 1 aliphatic heterocycles. The summed E-state index contributed by atoms with van der Waals surface area (Å²) in [6, 6.07) is 2.60. The number of carbonyl (C=O) groups excluding carboxylic acids is 1. The molecule has 0 radical (unpaired) electrons. The van der Waals surface area contributed by atoms with Gasteiger partial charge in [0.05, 0.1) is 5.69 Å². The molecule has 1 aliphatic carbocycles. The minimum atomic E-state index is -4.56. The summed E-state index contributed by atoms with van der Waals surface area (Å²) in [6.07, 6.45) is 0.352. The molecule has 0 aromatic carbocycles. The molecule has 1 saturated heterocycles. The molecule has 164 valence electrons. The van der Waals surface area contributed by atoms with Gasteiger partial charge in [-0.05, 0) is 45.1 Å². The molecule has 3 aromatic heterocycles. The number of hydrogen-bond acceptors (Lipinski definition) is 5. The maximum Gasteiger partial charge on any atom is 0.433 e. The predicted molar refractivity (Wildman–Crippen MR) is 104 cm³/mol. The number of alkyl halides is 3. The zero-order valence-corrected chi connectivity index (χ0v) is 17.1. The van der Waals surface area contributed by atoms with Crippen molar-refractivity contribution in [3.63, 3.8) is 0 Å². The average molecular weight is 433 g/mol. The molecule has 1 atom stereocenters. The molecule has 10 heteroatoms. The normalized spacial score (nSPS) is 19.6. The first-order chi connectivity index (χ1) is 14.8. The van der Waals surface area contributed by atoms with Crippen LogP contribution in [0.4, 0.5) is 13.2 Å². The number of rotatable bonds is 2. The van der Waals surface area contributed by atoms with Crippen LogP contribution in [0.3, 0.4) is 0 Å². The van der Waals surface area contributed by atoms with Gasteiger partial charge in [0, 0.05) is 42.8 Å². The number of halogens is 3. The van der Waals surface area contributed by atoms with Gasteiger partial charge in [-0.1, -0.05) is 5.16 Å². The molecule has 2 aliphatic rings. The second-order valence-corrected chi connectivity index (χ2v) is 8.35. The highest BCUT2D eigenvalue weighted by Gasteiger charge is 2.37. The number of fused-ring (bicyclic) bond motifs is 2. The molecule has 7 nitrogen and oxygen atoms in total. The highest BCUT2D eigenvalue weighted by Crippen LogP contribution is 2.34. The van der Waals surface area contributed by atoms with E-state index in [4.69, 9.17) is 4.52 Å². The van der Waals surface area contributed by atoms with Gasteiger partial charge in [-0.15, -0.1) is 0 Å². The smallest absolute Gasteiger partial charge is 0.360 e. The predicted octanol–water partition coefficient (Wildman–Crippen LogP) is 3.94. The van der Waals surface area contributed by atoms with Crippen molar-refractivity contribution in [1.82, 2.24) is 24.7 Å². The molecular formula is C21H22F3N5O2. The van der Waals surface area contributed by atoms with Crippen LogP contribution in [0.5, 0.6) is 0 Å². The van der Waals surface area contributed by atoms with E-state index in [2.05, 4.69) is 15.2 Å². The minimum absolute atomic E-state index is 0.163. The molecular weight excluding hydrogens is 411 g/mol. The Kier molecular flexibility index (Phi) is 4.75. The monoisotopic (exact) mass is 433 g/mol. The summed E-state index contributed by atoms with van der Waals surface area (Å²) in [5, 5.41) is 7.95. The Labute approximate surface area is 176 Å². The van der Waals surface area contributed by atoms with Gasteiger partial charge in [-0.3, -0.25) is 4.79 Å². The van der Waals surface area contributed by atoms with Gasteiger partial charge in [0.15, 0.2) is 11.3 Å². The first kappa shape index (κ1) is 20.0. The van der Waals surface area contributed by atoms with E-state index >= 15 is 0 Å². The van der Waals surface area contributed by atoms with E-state index in [1.165, 1.54) is 6.07 Å². The third kappa shape index (κ3) is 3.57. The number of piperidine rings is 1. The standard InChI is InChI=1S/C21H22F3N5O2/c1-12-9-18-25-15(10-17(21(22,23)24)29(18)26-12)13-5-4-8-28(11-13)20(30)19-14-6-2-3-7-16(14)31-27-19/h9-10,13H,2-8,11H2,1H3. The summed E-state index contributed by atoms with van der Waals surface area (Å²) in [4.78, 5) is 19.3. The number of likely N-dealkylation sites (tertiary alicyclic amines) is 1. The van der Waals surface area contributed by atoms with Crippen LogP contribution in [0, 0.1) is 6.92 Å². The summed E-state index contributed by atoms with van der Waals surface area (Å²) in [6.45, 7) is 2.47. The van der Waals surface area contributed by atoms with Gasteiger partial charge in [0.25, 0.3) is 5.91 Å². The van der Waals surface area contributed by atoms with Gasteiger partial charge < -0.3 is 9.42 Å². The summed E-state index contributed by atoms with van der Waals surface area (Å²) in [5.74, 6) is 0.275. The van der Waals surface area contributed by atoms with Crippen molar-refractivity contribution >= 4 is 11.6 Å². The van der Waals surface area contributed by atoms with E-state index in [1.54, 1.807) is 11.8 Å². The molecule has 1 amide bonds. The van der Waals surface area contributed by atoms with Crippen molar-refractivity contribution < 1.29 is 22.5 Å². The number of aryl methyl sites for hydroxylation is 2. The van der Waals surface area contributed by atoms with Crippen molar-refractivity contribution in [2.75, 3.05) is 13.1 Å². The molecule has 0 saturated carbocycles. The van der Waals surface area contributed by atoms with Crippen LogP contribution in [-0.4, -0.2) is 43.7 Å². The van der Waals surface area contributed by atoms with Gasteiger partial charge in [-0.25, -0.2) is 9.50 Å². The molecule has 0 spiro atoms. The summed E-state index contributed by atoms with van der Waals surface area (Å²) < 4.78 is 47.2. The van der Waals surface area contributed by atoms with Crippen LogP contribution in [0.2, 0.25) is 0 Å². The van der Waals surface area contributed by atoms with Crippen molar-refractivity contribution in [3.8, 4) is 0 Å². The lowest BCUT2D eigenvalue weighted by atomic mass is 9.92. The van der Waals surface area contributed by atoms with E-state index in [0.717, 1.165) is 47.6 Å². The van der Waals surface area contributed by atoms with Gasteiger partial charge in [-0.2, -0.15) is 18.3 Å². The van der Waals surface area contributed by atoms with Crippen molar-refractivity contribution in [2.24, 2.45) is 0 Å². The van der Waals surface area contributed by atoms with E-state index in [1.807, 2.05) is 0 Å². The zero-order chi connectivity index (χ0) is 21.8. The molecule has 0 bridgehead atoms. The van der Waals surface area contributed by atoms with Gasteiger partial charge >= 0.3 is 6.18 Å². The quantitative estimate of drug-likeness (QED) is 0.612. The fourth-order valence-corrected chi connectivity index (χ4v) is 4.63. The number of amides is 1. The maximum absolute atomic E-state index is 13.7. The SMILES string of the molecule is Cc1cc2nc(C3CCCN(C(=O)c4noc5c4CCCC5)C3)cc(C(F)(F)F)n2n1. The maximum atomic E-state index is 13.7. The van der Waals surface area contributed by atoms with E-state index < -0.39 is 11.9 Å². The average Bonchev–Trinajstić information content (AvgIpc) is 3.34. The first-order valence-corrected chi connectivity index (χ1v) is 10.5.